The number of benzene rings is 2. The van der Waals surface area contributed by atoms with Crippen molar-refractivity contribution in [2.24, 2.45) is 22.4 Å². The van der Waals surface area contributed by atoms with Gasteiger partial charge in [-0.1, -0.05) is 30.7 Å². The van der Waals surface area contributed by atoms with Gasteiger partial charge in [-0.25, -0.2) is 5.43 Å². The molecule has 1 amide bonds. The Balaban J connectivity index is 1.36. The molecule has 0 aliphatic heterocycles. The SMILES string of the molecule is C[C@]12CC[C@@H]3c4ccc(O)cc4CC[C@@H]3[C@@H]1CC/C2=N/NC(=O)c1cccc(Cl)c1. The van der Waals surface area contributed by atoms with Gasteiger partial charge in [-0.3, -0.25) is 4.79 Å². The van der Waals surface area contributed by atoms with Gasteiger partial charge in [0.1, 0.15) is 5.75 Å². The van der Waals surface area contributed by atoms with Crippen LogP contribution in [0.1, 0.15) is 66.4 Å². The molecule has 3 aliphatic rings. The Kier molecular flexibility index (Phi) is 4.85. The number of phenolic OH excluding ortho intramolecular Hbond substituents is 1. The number of halogens is 1. The van der Waals surface area contributed by atoms with Gasteiger partial charge in [-0.2, -0.15) is 5.10 Å². The number of hydrazone groups is 1. The maximum absolute atomic E-state index is 12.5. The third-order valence-corrected chi connectivity index (χ3v) is 8.07. The van der Waals surface area contributed by atoms with E-state index in [1.54, 1.807) is 24.3 Å². The zero-order valence-corrected chi connectivity index (χ0v) is 18.0. The molecule has 0 saturated heterocycles. The minimum absolute atomic E-state index is 0.0528. The van der Waals surface area contributed by atoms with Gasteiger partial charge < -0.3 is 5.11 Å². The van der Waals surface area contributed by atoms with Gasteiger partial charge in [0, 0.05) is 21.7 Å². The molecule has 2 aromatic carbocycles. The fraction of sp³-hybridized carbons (Fsp3) is 0.440. The number of carbonyl (C=O) groups excluding carboxylic acids is 1. The summed E-state index contributed by atoms with van der Waals surface area (Å²) in [5, 5.41) is 15.0. The zero-order chi connectivity index (χ0) is 20.9. The van der Waals surface area contributed by atoms with Gasteiger partial charge in [0.2, 0.25) is 0 Å². The molecule has 0 spiro atoms. The normalized spacial score (nSPS) is 31.0. The molecule has 0 heterocycles. The molecule has 30 heavy (non-hydrogen) atoms. The van der Waals surface area contributed by atoms with Gasteiger partial charge in [0.15, 0.2) is 0 Å². The molecule has 5 heteroatoms. The van der Waals surface area contributed by atoms with Crippen LogP contribution in [0.3, 0.4) is 0 Å². The van der Waals surface area contributed by atoms with Gasteiger partial charge in [-0.15, -0.1) is 0 Å². The topological polar surface area (TPSA) is 61.7 Å². The van der Waals surface area contributed by atoms with Crippen LogP contribution in [-0.2, 0) is 6.42 Å². The number of fused-ring (bicyclic) bond motifs is 5. The molecule has 2 saturated carbocycles. The molecular formula is C25H27ClN2O2. The van der Waals surface area contributed by atoms with Crippen LogP contribution in [0.25, 0.3) is 0 Å². The van der Waals surface area contributed by atoms with Crippen molar-refractivity contribution in [1.29, 1.82) is 0 Å². The van der Waals surface area contributed by atoms with E-state index in [2.05, 4.69) is 23.5 Å². The summed E-state index contributed by atoms with van der Waals surface area (Å²) in [4.78, 5) is 12.5. The largest absolute Gasteiger partial charge is 0.508 e. The van der Waals surface area contributed by atoms with Crippen LogP contribution in [0.4, 0.5) is 0 Å². The number of aromatic hydroxyl groups is 1. The Labute approximate surface area is 182 Å². The molecule has 0 aromatic heterocycles. The Hall–Kier alpha value is -2.33. The number of nitrogens with zero attached hydrogens (tertiary/aromatic N) is 1. The highest BCUT2D eigenvalue weighted by Crippen LogP contribution is 2.59. The minimum atomic E-state index is -0.211. The first-order valence-corrected chi connectivity index (χ1v) is 11.3. The molecule has 4 nitrogen and oxygen atoms in total. The molecule has 0 radical (unpaired) electrons. The molecule has 0 bridgehead atoms. The van der Waals surface area contributed by atoms with Crippen molar-refractivity contribution in [3.8, 4) is 5.75 Å². The summed E-state index contributed by atoms with van der Waals surface area (Å²) in [6, 6.07) is 12.9. The predicted octanol–water partition coefficient (Wildman–Crippen LogP) is 5.69. The number of hydrogen-bond donors (Lipinski definition) is 2. The standard InChI is InChI=1S/C25H27ClN2O2/c1-25-12-11-20-19-8-6-18(29)14-15(19)5-7-21(20)22(25)9-10-23(25)27-28-24(30)16-3-2-4-17(26)13-16/h2-4,6,8,13-14,20-22,29H,5,7,9-12H2,1H3,(H,28,30)/b27-23-/t20-,21+,22+,25+/m1/s1. The number of phenols is 1. The number of aryl methyl sites for hydroxylation is 1. The number of amides is 1. The summed E-state index contributed by atoms with van der Waals surface area (Å²) in [6.45, 7) is 2.34. The van der Waals surface area contributed by atoms with Crippen LogP contribution >= 0.6 is 11.6 Å². The van der Waals surface area contributed by atoms with Crippen LogP contribution in [0.5, 0.6) is 5.75 Å². The first-order chi connectivity index (χ1) is 14.5. The predicted molar refractivity (Wildman–Crippen MR) is 119 cm³/mol. The van der Waals surface area contributed by atoms with Crippen LogP contribution < -0.4 is 5.43 Å². The average Bonchev–Trinajstić information content (AvgIpc) is 3.08. The number of rotatable bonds is 2. The van der Waals surface area contributed by atoms with E-state index >= 15 is 0 Å². The van der Waals surface area contributed by atoms with Crippen molar-refractivity contribution in [1.82, 2.24) is 5.43 Å². The van der Waals surface area contributed by atoms with E-state index in [9.17, 15) is 9.90 Å². The molecule has 2 N–H and O–H groups in total. The Morgan fingerprint density at radius 3 is 2.87 bits per heavy atom. The third-order valence-electron chi connectivity index (χ3n) is 7.83. The molecule has 5 rings (SSSR count). The summed E-state index contributed by atoms with van der Waals surface area (Å²) < 4.78 is 0. The summed E-state index contributed by atoms with van der Waals surface area (Å²) in [5.74, 6) is 1.99. The fourth-order valence-corrected chi connectivity index (χ4v) is 6.54. The van der Waals surface area contributed by atoms with Crippen LogP contribution in [-0.4, -0.2) is 16.7 Å². The highest BCUT2D eigenvalue weighted by atomic mass is 35.5. The second kappa shape index (κ2) is 7.42. The lowest BCUT2D eigenvalue weighted by Crippen LogP contribution is -2.43. The Bertz CT molecular complexity index is 1030. The minimum Gasteiger partial charge on any atom is -0.508 e. The van der Waals surface area contributed by atoms with E-state index in [0.717, 1.165) is 37.8 Å². The quantitative estimate of drug-likeness (QED) is 0.611. The molecule has 0 unspecified atom stereocenters. The molecule has 156 valence electrons. The second-order valence-electron chi connectivity index (χ2n) is 9.30. The molecule has 4 atom stereocenters. The Morgan fingerprint density at radius 2 is 2.03 bits per heavy atom. The Morgan fingerprint density at radius 1 is 1.17 bits per heavy atom. The van der Waals surface area contributed by atoms with Crippen molar-refractivity contribution in [3.05, 3.63) is 64.2 Å². The fourth-order valence-electron chi connectivity index (χ4n) is 6.35. The zero-order valence-electron chi connectivity index (χ0n) is 17.2. The van der Waals surface area contributed by atoms with Crippen molar-refractivity contribution in [2.45, 2.75) is 51.4 Å². The highest BCUT2D eigenvalue weighted by Gasteiger charge is 2.53. The van der Waals surface area contributed by atoms with Crippen molar-refractivity contribution < 1.29 is 9.90 Å². The number of carbonyl (C=O) groups is 1. The van der Waals surface area contributed by atoms with Gasteiger partial charge in [-0.05, 0) is 97.7 Å². The average molecular weight is 423 g/mol. The monoisotopic (exact) mass is 422 g/mol. The summed E-state index contributed by atoms with van der Waals surface area (Å²) in [5.41, 5.74) is 7.26. The summed E-state index contributed by atoms with van der Waals surface area (Å²) in [7, 11) is 0. The maximum Gasteiger partial charge on any atom is 0.271 e. The lowest BCUT2D eigenvalue weighted by atomic mass is 9.55. The van der Waals surface area contributed by atoms with E-state index < -0.39 is 0 Å². The smallest absolute Gasteiger partial charge is 0.271 e. The van der Waals surface area contributed by atoms with E-state index in [1.165, 1.54) is 17.5 Å². The molecule has 2 aromatic rings. The first-order valence-electron chi connectivity index (χ1n) is 10.9. The summed E-state index contributed by atoms with van der Waals surface area (Å²) >= 11 is 6.01. The van der Waals surface area contributed by atoms with E-state index in [1.807, 2.05) is 12.1 Å². The van der Waals surface area contributed by atoms with Crippen molar-refractivity contribution >= 4 is 23.2 Å². The van der Waals surface area contributed by atoms with E-state index in [0.29, 0.717) is 34.1 Å². The third kappa shape index (κ3) is 3.22. The summed E-state index contributed by atoms with van der Waals surface area (Å²) in [6.07, 6.45) is 6.51. The van der Waals surface area contributed by atoms with Gasteiger partial charge >= 0.3 is 0 Å². The van der Waals surface area contributed by atoms with Crippen LogP contribution in [0.15, 0.2) is 47.6 Å². The van der Waals surface area contributed by atoms with E-state index in [4.69, 9.17) is 11.6 Å². The first kappa shape index (κ1) is 19.6. The second-order valence-corrected chi connectivity index (χ2v) is 9.74. The number of nitrogens with one attached hydrogen (secondary N) is 1. The molecule has 3 aliphatic carbocycles. The molecular weight excluding hydrogens is 396 g/mol. The van der Waals surface area contributed by atoms with Gasteiger partial charge in [0.05, 0.1) is 0 Å². The number of hydrogen-bond acceptors (Lipinski definition) is 3. The van der Waals surface area contributed by atoms with Crippen LogP contribution in [0, 0.1) is 17.3 Å². The van der Waals surface area contributed by atoms with Crippen LogP contribution in [0.2, 0.25) is 5.02 Å². The van der Waals surface area contributed by atoms with Crippen molar-refractivity contribution in [2.75, 3.05) is 0 Å². The lowest BCUT2D eigenvalue weighted by Gasteiger charge is -2.49. The van der Waals surface area contributed by atoms with Gasteiger partial charge in [0.25, 0.3) is 5.91 Å². The maximum atomic E-state index is 12.5. The lowest BCUT2D eigenvalue weighted by molar-refractivity contribution is 0.0930. The van der Waals surface area contributed by atoms with E-state index in [-0.39, 0.29) is 11.3 Å². The highest BCUT2D eigenvalue weighted by molar-refractivity contribution is 6.30. The van der Waals surface area contributed by atoms with Crippen molar-refractivity contribution in [3.63, 3.8) is 0 Å². The molecule has 2 fully saturated rings.